The van der Waals surface area contributed by atoms with Crippen molar-refractivity contribution in [1.29, 1.82) is 0 Å². The summed E-state index contributed by atoms with van der Waals surface area (Å²) < 4.78 is 0. The van der Waals surface area contributed by atoms with Crippen LogP contribution in [0.3, 0.4) is 0 Å². The zero-order chi connectivity index (χ0) is 13.0. The lowest BCUT2D eigenvalue weighted by Crippen LogP contribution is -2.39. The van der Waals surface area contributed by atoms with Crippen LogP contribution in [0.2, 0.25) is 0 Å². The van der Waals surface area contributed by atoms with Crippen LogP contribution in [-0.4, -0.2) is 29.0 Å². The Labute approximate surface area is 100 Å². The number of aromatic nitrogens is 1. The van der Waals surface area contributed by atoms with Crippen LogP contribution in [-0.2, 0) is 9.59 Å². The first-order valence-electron chi connectivity index (χ1n) is 5.35. The van der Waals surface area contributed by atoms with Gasteiger partial charge in [0, 0.05) is 25.1 Å². The molecule has 1 atom stereocenters. The third-order valence-electron chi connectivity index (χ3n) is 2.58. The molecule has 1 rings (SSSR count). The van der Waals surface area contributed by atoms with Gasteiger partial charge >= 0.3 is 5.97 Å². The first-order chi connectivity index (χ1) is 7.95. The van der Waals surface area contributed by atoms with Gasteiger partial charge in [0.25, 0.3) is 0 Å². The van der Waals surface area contributed by atoms with E-state index >= 15 is 0 Å². The van der Waals surface area contributed by atoms with E-state index < -0.39 is 17.8 Å². The number of rotatable bonds is 4. The Morgan fingerprint density at radius 3 is 2.24 bits per heavy atom. The number of carboxylic acid groups (broad SMARTS) is 1. The molecule has 0 aliphatic rings. The summed E-state index contributed by atoms with van der Waals surface area (Å²) in [7, 11) is 1.57. The van der Waals surface area contributed by atoms with Crippen molar-refractivity contribution in [2.45, 2.75) is 13.8 Å². The van der Waals surface area contributed by atoms with Gasteiger partial charge in [0.2, 0.25) is 5.91 Å². The number of amides is 1. The minimum Gasteiger partial charge on any atom is -0.481 e. The standard InChI is InChI=1S/C12H16N2O3/c1-8(2)10(12(16)17)11(15)14(3)9-4-6-13-7-5-9/h4-8,10H,1-3H3,(H,16,17). The van der Waals surface area contributed by atoms with Gasteiger partial charge in [-0.05, 0) is 18.1 Å². The lowest BCUT2D eigenvalue weighted by molar-refractivity contribution is -0.147. The number of hydrogen-bond donors (Lipinski definition) is 1. The Hall–Kier alpha value is -1.91. The average molecular weight is 236 g/mol. The van der Waals surface area contributed by atoms with E-state index in [-0.39, 0.29) is 5.92 Å². The number of carbonyl (C=O) groups is 2. The maximum atomic E-state index is 12.1. The lowest BCUT2D eigenvalue weighted by atomic mass is 9.94. The van der Waals surface area contributed by atoms with Crippen LogP contribution >= 0.6 is 0 Å². The van der Waals surface area contributed by atoms with Crippen molar-refractivity contribution in [3.05, 3.63) is 24.5 Å². The van der Waals surface area contributed by atoms with E-state index in [0.717, 1.165) is 0 Å². The van der Waals surface area contributed by atoms with Crippen molar-refractivity contribution in [3.8, 4) is 0 Å². The number of anilines is 1. The number of hydrogen-bond acceptors (Lipinski definition) is 3. The van der Waals surface area contributed by atoms with E-state index in [9.17, 15) is 9.59 Å². The van der Waals surface area contributed by atoms with Crippen LogP contribution in [0, 0.1) is 11.8 Å². The molecule has 5 heteroatoms. The predicted molar refractivity (Wildman–Crippen MR) is 63.6 cm³/mol. The summed E-state index contributed by atoms with van der Waals surface area (Å²) in [6, 6.07) is 3.33. The monoisotopic (exact) mass is 236 g/mol. The Morgan fingerprint density at radius 1 is 1.29 bits per heavy atom. The minimum atomic E-state index is -1.09. The zero-order valence-electron chi connectivity index (χ0n) is 10.1. The highest BCUT2D eigenvalue weighted by molar-refractivity contribution is 6.05. The fourth-order valence-corrected chi connectivity index (χ4v) is 1.58. The van der Waals surface area contributed by atoms with Crippen LogP contribution in [0.25, 0.3) is 0 Å². The van der Waals surface area contributed by atoms with Crippen LogP contribution in [0.4, 0.5) is 5.69 Å². The molecule has 0 aliphatic heterocycles. The molecule has 1 aromatic heterocycles. The van der Waals surface area contributed by atoms with Crippen molar-refractivity contribution in [1.82, 2.24) is 4.98 Å². The molecule has 92 valence electrons. The molecule has 0 saturated heterocycles. The molecule has 0 saturated carbocycles. The SMILES string of the molecule is CC(C)C(C(=O)O)C(=O)N(C)c1ccncc1. The summed E-state index contributed by atoms with van der Waals surface area (Å²) in [4.78, 5) is 28.3. The van der Waals surface area contributed by atoms with Crippen molar-refractivity contribution >= 4 is 17.6 Å². The quantitative estimate of drug-likeness (QED) is 0.802. The zero-order valence-corrected chi connectivity index (χ0v) is 10.1. The second-order valence-corrected chi connectivity index (χ2v) is 4.16. The first kappa shape index (κ1) is 13.2. The van der Waals surface area contributed by atoms with Gasteiger partial charge in [-0.15, -0.1) is 0 Å². The third-order valence-corrected chi connectivity index (χ3v) is 2.58. The fraction of sp³-hybridized carbons (Fsp3) is 0.417. The first-order valence-corrected chi connectivity index (χ1v) is 5.35. The summed E-state index contributed by atoms with van der Waals surface area (Å²) >= 11 is 0. The molecule has 1 N–H and O–H groups in total. The Bertz CT molecular complexity index is 403. The molecule has 1 aromatic rings. The molecule has 0 bridgehead atoms. The van der Waals surface area contributed by atoms with E-state index in [1.807, 2.05) is 0 Å². The van der Waals surface area contributed by atoms with Crippen molar-refractivity contribution < 1.29 is 14.7 Å². The maximum Gasteiger partial charge on any atom is 0.316 e. The van der Waals surface area contributed by atoms with Crippen LogP contribution in [0.5, 0.6) is 0 Å². The molecule has 0 aromatic carbocycles. The molecule has 1 heterocycles. The summed E-state index contributed by atoms with van der Waals surface area (Å²) in [5, 5.41) is 9.05. The molecular weight excluding hydrogens is 220 g/mol. The van der Waals surface area contributed by atoms with Gasteiger partial charge in [0.1, 0.15) is 5.92 Å². The molecule has 1 unspecified atom stereocenters. The topological polar surface area (TPSA) is 70.5 Å². The van der Waals surface area contributed by atoms with E-state index in [1.165, 1.54) is 4.90 Å². The van der Waals surface area contributed by atoms with Gasteiger partial charge in [-0.2, -0.15) is 0 Å². The van der Waals surface area contributed by atoms with Gasteiger partial charge in [-0.3, -0.25) is 14.6 Å². The highest BCUT2D eigenvalue weighted by Gasteiger charge is 2.32. The highest BCUT2D eigenvalue weighted by Crippen LogP contribution is 2.18. The van der Waals surface area contributed by atoms with Gasteiger partial charge in [0.05, 0.1) is 0 Å². The molecule has 17 heavy (non-hydrogen) atoms. The van der Waals surface area contributed by atoms with Crippen molar-refractivity contribution in [2.24, 2.45) is 11.8 Å². The molecule has 0 spiro atoms. The molecule has 5 nitrogen and oxygen atoms in total. The van der Waals surface area contributed by atoms with Gasteiger partial charge in [-0.1, -0.05) is 13.8 Å². The smallest absolute Gasteiger partial charge is 0.316 e. The number of aliphatic carboxylic acids is 1. The van der Waals surface area contributed by atoms with Crippen molar-refractivity contribution in [3.63, 3.8) is 0 Å². The summed E-state index contributed by atoms with van der Waals surface area (Å²) in [5.41, 5.74) is 0.636. The van der Waals surface area contributed by atoms with Gasteiger partial charge in [0.15, 0.2) is 0 Å². The molecule has 1 amide bonds. The van der Waals surface area contributed by atoms with Crippen LogP contribution in [0.15, 0.2) is 24.5 Å². The maximum absolute atomic E-state index is 12.1. The highest BCUT2D eigenvalue weighted by atomic mass is 16.4. The summed E-state index contributed by atoms with van der Waals surface area (Å²) in [5.74, 6) is -2.78. The van der Waals surface area contributed by atoms with Crippen molar-refractivity contribution in [2.75, 3.05) is 11.9 Å². The van der Waals surface area contributed by atoms with Gasteiger partial charge < -0.3 is 10.0 Å². The Morgan fingerprint density at radius 2 is 1.82 bits per heavy atom. The largest absolute Gasteiger partial charge is 0.481 e. The van der Waals surface area contributed by atoms with Crippen LogP contribution in [0.1, 0.15) is 13.8 Å². The normalized spacial score (nSPS) is 12.2. The number of pyridine rings is 1. The number of carboxylic acids is 1. The van der Waals surface area contributed by atoms with E-state index in [2.05, 4.69) is 4.98 Å². The third kappa shape index (κ3) is 3.03. The molecular formula is C12H16N2O3. The molecule has 0 fully saturated rings. The summed E-state index contributed by atoms with van der Waals surface area (Å²) in [6.07, 6.45) is 3.12. The average Bonchev–Trinajstić information content (AvgIpc) is 2.28. The second-order valence-electron chi connectivity index (χ2n) is 4.16. The van der Waals surface area contributed by atoms with E-state index in [1.54, 1.807) is 45.4 Å². The Kier molecular flexibility index (Phi) is 4.20. The summed E-state index contributed by atoms with van der Waals surface area (Å²) in [6.45, 7) is 3.44. The lowest BCUT2D eigenvalue weighted by Gasteiger charge is -2.23. The predicted octanol–water partition coefficient (Wildman–Crippen LogP) is 1.40. The second kappa shape index (κ2) is 5.43. The minimum absolute atomic E-state index is 0.246. The molecule has 0 aliphatic carbocycles. The Balaban J connectivity index is 2.92. The molecule has 0 radical (unpaired) electrons. The van der Waals surface area contributed by atoms with Gasteiger partial charge in [-0.25, -0.2) is 0 Å². The van der Waals surface area contributed by atoms with Crippen LogP contribution < -0.4 is 4.90 Å². The fourth-order valence-electron chi connectivity index (χ4n) is 1.58. The number of carbonyl (C=O) groups excluding carboxylic acids is 1. The van der Waals surface area contributed by atoms with E-state index in [0.29, 0.717) is 5.69 Å². The number of nitrogens with zero attached hydrogens (tertiary/aromatic N) is 2. The van der Waals surface area contributed by atoms with E-state index in [4.69, 9.17) is 5.11 Å².